The average Bonchev–Trinajstić information content (AvgIpc) is 3.12. The number of methoxy groups -OCH3 is 4. The van der Waals surface area contributed by atoms with E-state index >= 15 is 0 Å². The van der Waals surface area contributed by atoms with Crippen molar-refractivity contribution in [2.45, 2.75) is 37.8 Å². The van der Waals surface area contributed by atoms with Crippen LogP contribution >= 0.6 is 0 Å². The Morgan fingerprint density at radius 3 is 2.02 bits per heavy atom. The molecule has 0 heterocycles. The molecule has 0 saturated heterocycles. The van der Waals surface area contributed by atoms with Gasteiger partial charge in [-0.15, -0.1) is 0 Å². The number of aryl methyl sites for hydroxylation is 1. The van der Waals surface area contributed by atoms with Crippen LogP contribution in [0.3, 0.4) is 0 Å². The minimum atomic E-state index is -4.48. The molecule has 11 nitrogen and oxygen atoms in total. The van der Waals surface area contributed by atoms with Crippen molar-refractivity contribution in [2.24, 2.45) is 0 Å². The van der Waals surface area contributed by atoms with E-state index in [1.54, 1.807) is 19.1 Å². The normalized spacial score (nSPS) is 11.6. The van der Waals surface area contributed by atoms with E-state index in [1.165, 1.54) is 57.6 Å². The molecule has 4 rings (SSSR count). The van der Waals surface area contributed by atoms with Crippen molar-refractivity contribution in [3.63, 3.8) is 0 Å². The summed E-state index contributed by atoms with van der Waals surface area (Å²) in [5.74, 6) is 0.0798. The number of carbonyl (C=O) groups is 2. The highest BCUT2D eigenvalue weighted by atomic mass is 32.2. The van der Waals surface area contributed by atoms with Crippen LogP contribution in [-0.4, -0.2) is 72.7 Å². The number of anilines is 1. The average molecular weight is 690 g/mol. The predicted molar refractivity (Wildman–Crippen MR) is 188 cm³/mol. The molecule has 0 radical (unpaired) electrons. The third kappa shape index (κ3) is 8.82. The molecule has 2 amide bonds. The Balaban J connectivity index is 1.89. The van der Waals surface area contributed by atoms with Crippen LogP contribution in [0.4, 0.5) is 5.69 Å². The maximum Gasteiger partial charge on any atom is 0.265 e. The summed E-state index contributed by atoms with van der Waals surface area (Å²) in [6.45, 7) is 3.48. The molecule has 1 N–H and O–H groups in total. The zero-order valence-electron chi connectivity index (χ0n) is 28.6. The summed E-state index contributed by atoms with van der Waals surface area (Å²) in [7, 11) is 1.23. The molecular formula is C37H43N3O8S. The highest BCUT2D eigenvalue weighted by Gasteiger charge is 2.36. The van der Waals surface area contributed by atoms with Gasteiger partial charge in [-0.1, -0.05) is 60.2 Å². The molecule has 260 valence electrons. The summed E-state index contributed by atoms with van der Waals surface area (Å²) in [4.78, 5) is 29.7. The summed E-state index contributed by atoms with van der Waals surface area (Å²) in [5, 5.41) is 2.87. The summed E-state index contributed by atoms with van der Waals surface area (Å²) < 4.78 is 51.9. The van der Waals surface area contributed by atoms with E-state index in [2.05, 4.69) is 5.32 Å². The maximum atomic E-state index is 14.7. The van der Waals surface area contributed by atoms with Crippen molar-refractivity contribution in [1.29, 1.82) is 0 Å². The van der Waals surface area contributed by atoms with Crippen LogP contribution in [0.5, 0.6) is 23.0 Å². The minimum Gasteiger partial charge on any atom is -0.497 e. The SMILES string of the molecule is CCNC(=O)[C@H](Cc1ccccc1)N(Cc1ccc(C)cc1)C(=O)CN(c1cc(OC)ccc1OC)S(=O)(=O)c1ccc(OC)c(OC)c1. The lowest BCUT2D eigenvalue weighted by Gasteiger charge is -2.34. The Morgan fingerprint density at radius 1 is 0.755 bits per heavy atom. The molecule has 0 aromatic heterocycles. The smallest absolute Gasteiger partial charge is 0.265 e. The lowest BCUT2D eigenvalue weighted by molar-refractivity contribution is -0.140. The van der Waals surface area contributed by atoms with E-state index in [-0.39, 0.29) is 41.0 Å². The van der Waals surface area contributed by atoms with Gasteiger partial charge < -0.3 is 29.2 Å². The molecule has 4 aromatic rings. The topological polar surface area (TPSA) is 124 Å². The van der Waals surface area contributed by atoms with E-state index in [1.807, 2.05) is 61.5 Å². The van der Waals surface area contributed by atoms with Gasteiger partial charge in [0, 0.05) is 31.6 Å². The summed E-state index contributed by atoms with van der Waals surface area (Å²) >= 11 is 0. The van der Waals surface area contributed by atoms with Gasteiger partial charge in [-0.3, -0.25) is 13.9 Å². The first-order valence-electron chi connectivity index (χ1n) is 15.7. The van der Waals surface area contributed by atoms with Crippen molar-refractivity contribution in [3.8, 4) is 23.0 Å². The molecule has 0 aliphatic carbocycles. The standard InChI is InChI=1S/C37H43N3O8S/c1-7-38-37(42)32(21-27-11-9-8-10-12-27)39(24-28-15-13-26(2)14-16-28)36(41)25-40(31-22-29(45-3)17-19-33(31)46-4)49(43,44)30-18-20-34(47-5)35(23-30)48-6/h8-20,22-23,32H,7,21,24-25H2,1-6H3,(H,38,42)/t32-/m0/s1. The lowest BCUT2D eigenvalue weighted by Crippen LogP contribution is -2.53. The van der Waals surface area contributed by atoms with Crippen molar-refractivity contribution >= 4 is 27.5 Å². The second kappa shape index (κ2) is 16.7. The number of hydrogen-bond acceptors (Lipinski definition) is 8. The van der Waals surface area contributed by atoms with Gasteiger partial charge in [-0.25, -0.2) is 8.42 Å². The second-order valence-corrected chi connectivity index (χ2v) is 13.0. The third-order valence-electron chi connectivity index (χ3n) is 7.97. The number of carbonyl (C=O) groups excluding carboxylic acids is 2. The fraction of sp³-hybridized carbons (Fsp3) is 0.297. The number of nitrogens with zero attached hydrogens (tertiary/aromatic N) is 2. The van der Waals surface area contributed by atoms with E-state index in [0.29, 0.717) is 18.0 Å². The zero-order chi connectivity index (χ0) is 35.6. The lowest BCUT2D eigenvalue weighted by atomic mass is 10.0. The first kappa shape index (κ1) is 36.6. The van der Waals surface area contributed by atoms with Crippen molar-refractivity contribution < 1.29 is 37.0 Å². The Labute approximate surface area is 288 Å². The predicted octanol–water partition coefficient (Wildman–Crippen LogP) is 5.00. The summed E-state index contributed by atoms with van der Waals surface area (Å²) in [6, 6.07) is 24.9. The van der Waals surface area contributed by atoms with Crippen molar-refractivity contribution in [2.75, 3.05) is 45.8 Å². The molecule has 0 fully saturated rings. The Morgan fingerprint density at radius 2 is 1.41 bits per heavy atom. The highest BCUT2D eigenvalue weighted by Crippen LogP contribution is 2.38. The van der Waals surface area contributed by atoms with Crippen LogP contribution in [0.15, 0.2) is 95.9 Å². The molecule has 49 heavy (non-hydrogen) atoms. The van der Waals surface area contributed by atoms with E-state index in [9.17, 15) is 18.0 Å². The number of hydrogen-bond donors (Lipinski definition) is 1. The Bertz CT molecular complexity index is 1830. The number of ether oxygens (including phenoxy) is 4. The molecule has 12 heteroatoms. The van der Waals surface area contributed by atoms with Crippen LogP contribution in [0.2, 0.25) is 0 Å². The van der Waals surface area contributed by atoms with Gasteiger partial charge in [0.15, 0.2) is 11.5 Å². The molecule has 0 bridgehead atoms. The number of sulfonamides is 1. The van der Waals surface area contributed by atoms with Gasteiger partial charge in [0.25, 0.3) is 10.0 Å². The van der Waals surface area contributed by atoms with Crippen LogP contribution < -0.4 is 28.6 Å². The molecule has 0 unspecified atom stereocenters. The molecule has 0 saturated carbocycles. The van der Waals surface area contributed by atoms with Gasteiger partial charge in [0.1, 0.15) is 24.1 Å². The number of likely N-dealkylation sites (N-methyl/N-ethyl adjacent to an activating group) is 1. The molecule has 0 spiro atoms. The van der Waals surface area contributed by atoms with Crippen LogP contribution in [0.1, 0.15) is 23.6 Å². The molecule has 4 aromatic carbocycles. The first-order valence-corrected chi connectivity index (χ1v) is 17.1. The fourth-order valence-corrected chi connectivity index (χ4v) is 6.78. The zero-order valence-corrected chi connectivity index (χ0v) is 29.5. The first-order chi connectivity index (χ1) is 23.6. The van der Waals surface area contributed by atoms with Crippen LogP contribution in [-0.2, 0) is 32.6 Å². The van der Waals surface area contributed by atoms with Gasteiger partial charge in [0.05, 0.1) is 39.0 Å². The van der Waals surface area contributed by atoms with E-state index in [0.717, 1.165) is 21.0 Å². The van der Waals surface area contributed by atoms with E-state index in [4.69, 9.17) is 18.9 Å². The molecular weight excluding hydrogens is 646 g/mol. The quantitative estimate of drug-likeness (QED) is 0.174. The van der Waals surface area contributed by atoms with Crippen LogP contribution in [0.25, 0.3) is 0 Å². The molecule has 0 aliphatic rings. The van der Waals surface area contributed by atoms with Crippen molar-refractivity contribution in [3.05, 3.63) is 108 Å². The summed E-state index contributed by atoms with van der Waals surface area (Å²) in [5.41, 5.74) is 2.71. The summed E-state index contributed by atoms with van der Waals surface area (Å²) in [6.07, 6.45) is 0.204. The number of benzene rings is 4. The van der Waals surface area contributed by atoms with E-state index < -0.39 is 28.5 Å². The Hall–Kier alpha value is -5.23. The van der Waals surface area contributed by atoms with Gasteiger partial charge >= 0.3 is 0 Å². The maximum absolute atomic E-state index is 14.7. The van der Waals surface area contributed by atoms with Gasteiger partial charge in [-0.2, -0.15) is 0 Å². The third-order valence-corrected chi connectivity index (χ3v) is 9.73. The molecule has 1 atom stereocenters. The monoisotopic (exact) mass is 689 g/mol. The van der Waals surface area contributed by atoms with Crippen molar-refractivity contribution in [1.82, 2.24) is 10.2 Å². The fourth-order valence-electron chi connectivity index (χ4n) is 5.35. The largest absolute Gasteiger partial charge is 0.497 e. The number of rotatable bonds is 16. The van der Waals surface area contributed by atoms with Crippen LogP contribution in [0, 0.1) is 6.92 Å². The highest BCUT2D eigenvalue weighted by molar-refractivity contribution is 7.92. The molecule has 0 aliphatic heterocycles. The number of amides is 2. The Kier molecular flexibility index (Phi) is 12.5. The van der Waals surface area contributed by atoms with Gasteiger partial charge in [0.2, 0.25) is 11.8 Å². The second-order valence-electron chi connectivity index (χ2n) is 11.2. The minimum absolute atomic E-state index is 0.0488. The van der Waals surface area contributed by atoms with Gasteiger partial charge in [-0.05, 0) is 49.2 Å². The number of nitrogens with one attached hydrogen (secondary N) is 1.